The van der Waals surface area contributed by atoms with E-state index in [1.54, 1.807) is 13.0 Å². The number of aliphatic hydroxyl groups is 1. The molecule has 88 valence electrons. The molecular formula is C12H16O4. The van der Waals surface area contributed by atoms with Crippen LogP contribution < -0.4 is 0 Å². The van der Waals surface area contributed by atoms with Gasteiger partial charge in [0.2, 0.25) is 0 Å². The number of allylic oxidation sites excluding steroid dienone is 3. The van der Waals surface area contributed by atoms with Gasteiger partial charge in [0.15, 0.2) is 5.78 Å². The van der Waals surface area contributed by atoms with Gasteiger partial charge in [0, 0.05) is 24.5 Å². The van der Waals surface area contributed by atoms with Crippen molar-refractivity contribution in [2.75, 3.05) is 6.61 Å². The highest BCUT2D eigenvalue weighted by molar-refractivity contribution is 5.96. The van der Waals surface area contributed by atoms with E-state index < -0.39 is 5.97 Å². The van der Waals surface area contributed by atoms with Gasteiger partial charge in [-0.05, 0) is 19.8 Å². The largest absolute Gasteiger partial charge is 0.512 e. The molecule has 1 rings (SSSR count). The molecule has 1 aliphatic carbocycles. The van der Waals surface area contributed by atoms with Crippen LogP contribution in [-0.4, -0.2) is 23.5 Å². The number of carbonyl (C=O) groups excluding carboxylic acids is 2. The van der Waals surface area contributed by atoms with Gasteiger partial charge in [0.25, 0.3) is 0 Å². The first-order chi connectivity index (χ1) is 7.65. The van der Waals surface area contributed by atoms with Crippen LogP contribution in [0.1, 0.15) is 32.6 Å². The Balaban J connectivity index is 2.54. The molecule has 0 aromatic rings. The van der Waals surface area contributed by atoms with Crippen molar-refractivity contribution in [3.8, 4) is 0 Å². The second kappa shape index (κ2) is 6.10. The molecule has 0 bridgehead atoms. The van der Waals surface area contributed by atoms with Crippen LogP contribution in [0.5, 0.6) is 0 Å². The van der Waals surface area contributed by atoms with Crippen molar-refractivity contribution in [1.82, 2.24) is 0 Å². The Kier molecular flexibility index (Phi) is 4.76. The summed E-state index contributed by atoms with van der Waals surface area (Å²) in [7, 11) is 0. The van der Waals surface area contributed by atoms with E-state index in [4.69, 9.17) is 4.74 Å². The van der Waals surface area contributed by atoms with Gasteiger partial charge in [-0.25, -0.2) is 4.79 Å². The lowest BCUT2D eigenvalue weighted by Gasteiger charge is -2.13. The molecule has 0 aliphatic heterocycles. The quantitative estimate of drug-likeness (QED) is 0.586. The highest BCUT2D eigenvalue weighted by Gasteiger charge is 2.18. The number of hydrogen-bond donors (Lipinski definition) is 1. The Morgan fingerprint density at radius 1 is 1.50 bits per heavy atom. The minimum Gasteiger partial charge on any atom is -0.512 e. The molecule has 0 unspecified atom stereocenters. The van der Waals surface area contributed by atoms with E-state index in [1.165, 1.54) is 6.08 Å². The molecule has 0 saturated carbocycles. The van der Waals surface area contributed by atoms with Crippen molar-refractivity contribution in [2.24, 2.45) is 0 Å². The second-order valence-corrected chi connectivity index (χ2v) is 3.56. The van der Waals surface area contributed by atoms with E-state index in [2.05, 4.69) is 0 Å². The molecule has 1 N–H and O–H groups in total. The number of aliphatic hydroxyl groups excluding tert-OH is 1. The molecule has 0 aromatic heterocycles. The third kappa shape index (κ3) is 3.53. The summed E-state index contributed by atoms with van der Waals surface area (Å²) < 4.78 is 4.70. The smallest absolute Gasteiger partial charge is 0.330 e. The molecule has 1 aliphatic rings. The van der Waals surface area contributed by atoms with Crippen LogP contribution in [0, 0.1) is 0 Å². The third-order valence-electron chi connectivity index (χ3n) is 2.36. The first-order valence-corrected chi connectivity index (χ1v) is 5.42. The van der Waals surface area contributed by atoms with Gasteiger partial charge in [-0.1, -0.05) is 6.08 Å². The van der Waals surface area contributed by atoms with Crippen LogP contribution >= 0.6 is 0 Å². The fraction of sp³-hybridized carbons (Fsp3) is 0.500. The Bertz CT molecular complexity index is 339. The molecule has 0 heterocycles. The molecule has 0 aromatic carbocycles. The van der Waals surface area contributed by atoms with Crippen molar-refractivity contribution in [3.63, 3.8) is 0 Å². The van der Waals surface area contributed by atoms with E-state index in [-0.39, 0.29) is 11.5 Å². The Labute approximate surface area is 94.6 Å². The molecule has 0 saturated heterocycles. The maximum atomic E-state index is 11.4. The van der Waals surface area contributed by atoms with Crippen molar-refractivity contribution < 1.29 is 19.4 Å². The van der Waals surface area contributed by atoms with Crippen LogP contribution in [0.2, 0.25) is 0 Å². The molecule has 0 amide bonds. The fourth-order valence-electron chi connectivity index (χ4n) is 1.57. The molecule has 4 heteroatoms. The summed E-state index contributed by atoms with van der Waals surface area (Å²) in [5.74, 6) is -0.298. The SMILES string of the molecule is CCOC(=O)/C=C/CC1=C(O)CCCC1=O. The fourth-order valence-corrected chi connectivity index (χ4v) is 1.57. The highest BCUT2D eigenvalue weighted by atomic mass is 16.5. The predicted octanol–water partition coefficient (Wildman–Crippen LogP) is 2.06. The van der Waals surface area contributed by atoms with Crippen LogP contribution in [0.25, 0.3) is 0 Å². The van der Waals surface area contributed by atoms with Crippen LogP contribution in [0.4, 0.5) is 0 Å². The number of hydrogen-bond acceptors (Lipinski definition) is 4. The molecular weight excluding hydrogens is 208 g/mol. The van der Waals surface area contributed by atoms with Gasteiger partial charge >= 0.3 is 5.97 Å². The topological polar surface area (TPSA) is 63.6 Å². The molecule has 16 heavy (non-hydrogen) atoms. The maximum absolute atomic E-state index is 11.4. The zero-order chi connectivity index (χ0) is 12.0. The predicted molar refractivity (Wildman–Crippen MR) is 58.9 cm³/mol. The van der Waals surface area contributed by atoms with Gasteiger partial charge in [-0.15, -0.1) is 0 Å². The summed E-state index contributed by atoms with van der Waals surface area (Å²) in [6.45, 7) is 2.06. The lowest BCUT2D eigenvalue weighted by Crippen LogP contribution is -2.11. The third-order valence-corrected chi connectivity index (χ3v) is 2.36. The summed E-state index contributed by atoms with van der Waals surface area (Å²) in [5.41, 5.74) is 0.423. The first-order valence-electron chi connectivity index (χ1n) is 5.42. The van der Waals surface area contributed by atoms with Crippen LogP contribution in [0.15, 0.2) is 23.5 Å². The average Bonchev–Trinajstić information content (AvgIpc) is 2.23. The number of esters is 1. The average molecular weight is 224 g/mol. The number of rotatable bonds is 4. The van der Waals surface area contributed by atoms with Gasteiger partial charge in [-0.3, -0.25) is 4.79 Å². The number of ether oxygens (including phenoxy) is 1. The zero-order valence-electron chi connectivity index (χ0n) is 9.36. The van der Waals surface area contributed by atoms with E-state index in [0.29, 0.717) is 37.9 Å². The monoisotopic (exact) mass is 224 g/mol. The minimum absolute atomic E-state index is 0.0303. The molecule has 0 radical (unpaired) electrons. The van der Waals surface area contributed by atoms with Crippen LogP contribution in [0.3, 0.4) is 0 Å². The van der Waals surface area contributed by atoms with Crippen LogP contribution in [-0.2, 0) is 14.3 Å². The molecule has 4 nitrogen and oxygen atoms in total. The second-order valence-electron chi connectivity index (χ2n) is 3.56. The lowest BCUT2D eigenvalue weighted by molar-refractivity contribution is -0.137. The molecule has 0 atom stereocenters. The highest BCUT2D eigenvalue weighted by Crippen LogP contribution is 2.22. The van der Waals surface area contributed by atoms with Crippen molar-refractivity contribution in [2.45, 2.75) is 32.6 Å². The maximum Gasteiger partial charge on any atom is 0.330 e. The molecule has 0 spiro atoms. The molecule has 0 fully saturated rings. The summed E-state index contributed by atoms with van der Waals surface area (Å²) >= 11 is 0. The van der Waals surface area contributed by atoms with Crippen molar-refractivity contribution >= 4 is 11.8 Å². The summed E-state index contributed by atoms with van der Waals surface area (Å²) in [6, 6.07) is 0. The zero-order valence-corrected chi connectivity index (χ0v) is 9.36. The van der Waals surface area contributed by atoms with E-state index in [0.717, 1.165) is 0 Å². The Morgan fingerprint density at radius 3 is 2.88 bits per heavy atom. The number of Topliss-reactive ketones (excluding diaryl/α,β-unsaturated/α-hetero) is 1. The summed E-state index contributed by atoms with van der Waals surface area (Å²) in [4.78, 5) is 22.4. The number of ketones is 1. The Morgan fingerprint density at radius 2 is 2.25 bits per heavy atom. The standard InChI is InChI=1S/C12H16O4/c1-2-16-12(15)8-3-5-9-10(13)6-4-7-11(9)14/h3,8,13H,2,4-7H2,1H3/b8-3+. The van der Waals surface area contributed by atoms with Crippen molar-refractivity contribution in [1.29, 1.82) is 0 Å². The van der Waals surface area contributed by atoms with E-state index >= 15 is 0 Å². The van der Waals surface area contributed by atoms with Gasteiger partial charge in [-0.2, -0.15) is 0 Å². The first kappa shape index (κ1) is 12.5. The lowest BCUT2D eigenvalue weighted by atomic mass is 9.94. The van der Waals surface area contributed by atoms with E-state index in [9.17, 15) is 14.7 Å². The van der Waals surface area contributed by atoms with Gasteiger partial charge in [0.05, 0.1) is 12.4 Å². The Hall–Kier alpha value is -1.58. The minimum atomic E-state index is -0.425. The van der Waals surface area contributed by atoms with Crippen molar-refractivity contribution in [3.05, 3.63) is 23.5 Å². The summed E-state index contributed by atoms with van der Waals surface area (Å²) in [6.07, 6.45) is 4.86. The van der Waals surface area contributed by atoms with Gasteiger partial charge < -0.3 is 9.84 Å². The normalized spacial score (nSPS) is 16.9. The van der Waals surface area contributed by atoms with E-state index in [1.807, 2.05) is 0 Å². The van der Waals surface area contributed by atoms with Gasteiger partial charge in [0.1, 0.15) is 0 Å². The summed E-state index contributed by atoms with van der Waals surface area (Å²) in [5, 5.41) is 9.52. The number of carbonyl (C=O) groups is 2.